The molecule has 0 saturated carbocycles. The summed E-state index contributed by atoms with van der Waals surface area (Å²) in [6, 6.07) is 11.9. The number of benzene rings is 2. The lowest BCUT2D eigenvalue weighted by molar-refractivity contribution is 0.0956. The van der Waals surface area contributed by atoms with Gasteiger partial charge in [0.1, 0.15) is 5.82 Å². The summed E-state index contributed by atoms with van der Waals surface area (Å²) in [5, 5.41) is 7.75. The number of nitrogens with one attached hydrogen (secondary N) is 2. The molecule has 0 fully saturated rings. The van der Waals surface area contributed by atoms with E-state index in [0.29, 0.717) is 18.7 Å². The monoisotopic (exact) mass is 337 g/mol. The molecule has 1 aliphatic rings. The first-order valence-corrected chi connectivity index (χ1v) is 7.88. The summed E-state index contributed by atoms with van der Waals surface area (Å²) in [5.41, 5.74) is 6.27. The van der Waals surface area contributed by atoms with E-state index < -0.39 is 0 Å². The van der Waals surface area contributed by atoms with E-state index in [9.17, 15) is 9.18 Å². The number of nitrogens with two attached hydrogens (primary N) is 1. The summed E-state index contributed by atoms with van der Waals surface area (Å²) in [7, 11) is 0. The number of hydrazone groups is 1. The van der Waals surface area contributed by atoms with Crippen molar-refractivity contribution in [2.45, 2.75) is 6.54 Å². The molecule has 7 heteroatoms. The van der Waals surface area contributed by atoms with Crippen molar-refractivity contribution in [2.24, 2.45) is 10.9 Å². The predicted octanol–water partition coefficient (Wildman–Crippen LogP) is 1.99. The van der Waals surface area contributed by atoms with Gasteiger partial charge in [0.25, 0.3) is 5.91 Å². The number of halogens is 1. The van der Waals surface area contributed by atoms with Gasteiger partial charge in [-0.2, -0.15) is 5.10 Å². The maximum atomic E-state index is 13.4. The van der Waals surface area contributed by atoms with Crippen LogP contribution in [-0.4, -0.2) is 23.2 Å². The normalized spacial score (nSPS) is 13.9. The Balaban J connectivity index is 2.10. The fraction of sp³-hybridized carbons (Fsp3) is 0.111. The summed E-state index contributed by atoms with van der Waals surface area (Å²) in [6.07, 6.45) is 1.63. The molecule has 6 nitrogen and oxygen atoms in total. The molecule has 2 heterocycles. The van der Waals surface area contributed by atoms with Crippen LogP contribution in [0.25, 0.3) is 22.2 Å². The van der Waals surface area contributed by atoms with Crippen LogP contribution in [-0.2, 0) is 6.54 Å². The maximum absolute atomic E-state index is 13.4. The minimum atomic E-state index is -0.299. The molecule has 0 saturated heterocycles. The molecule has 126 valence electrons. The van der Waals surface area contributed by atoms with E-state index in [0.717, 1.165) is 27.7 Å². The topological polar surface area (TPSA) is 84.4 Å². The van der Waals surface area contributed by atoms with Crippen LogP contribution in [0, 0.1) is 5.82 Å². The van der Waals surface area contributed by atoms with Crippen LogP contribution in [0.2, 0.25) is 0 Å². The van der Waals surface area contributed by atoms with Gasteiger partial charge < -0.3 is 9.88 Å². The van der Waals surface area contributed by atoms with Crippen molar-refractivity contribution in [3.05, 3.63) is 59.4 Å². The number of hydrogen-bond acceptors (Lipinski definition) is 4. The van der Waals surface area contributed by atoms with Crippen molar-refractivity contribution < 1.29 is 9.18 Å². The van der Waals surface area contributed by atoms with Crippen LogP contribution < -0.4 is 16.7 Å². The van der Waals surface area contributed by atoms with Crippen LogP contribution >= 0.6 is 0 Å². The lowest BCUT2D eigenvalue weighted by Crippen LogP contribution is -2.24. The number of rotatable bonds is 3. The Bertz CT molecular complexity index is 991. The number of aromatic nitrogens is 1. The Morgan fingerprint density at radius 1 is 1.24 bits per heavy atom. The average molecular weight is 337 g/mol. The van der Waals surface area contributed by atoms with E-state index in [-0.39, 0.29) is 11.7 Å². The Labute approximate surface area is 143 Å². The van der Waals surface area contributed by atoms with Gasteiger partial charge in [0.2, 0.25) is 0 Å². The third kappa shape index (κ3) is 2.45. The average Bonchev–Trinajstić information content (AvgIpc) is 2.83. The number of carbonyl (C=O) groups excluding carboxylic acids is 1. The van der Waals surface area contributed by atoms with E-state index in [1.165, 1.54) is 12.1 Å². The minimum Gasteiger partial charge on any atom is -0.350 e. The van der Waals surface area contributed by atoms with Gasteiger partial charge >= 0.3 is 0 Å². The van der Waals surface area contributed by atoms with E-state index in [4.69, 9.17) is 5.84 Å². The van der Waals surface area contributed by atoms with Crippen LogP contribution in [0.1, 0.15) is 15.9 Å². The van der Waals surface area contributed by atoms with Crippen LogP contribution in [0.5, 0.6) is 0 Å². The zero-order chi connectivity index (χ0) is 17.4. The van der Waals surface area contributed by atoms with Gasteiger partial charge in [-0.25, -0.2) is 15.8 Å². The van der Waals surface area contributed by atoms with Crippen molar-refractivity contribution >= 4 is 23.0 Å². The van der Waals surface area contributed by atoms with Crippen molar-refractivity contribution in [1.82, 2.24) is 15.4 Å². The third-order valence-corrected chi connectivity index (χ3v) is 4.37. The third-order valence-electron chi connectivity index (χ3n) is 4.37. The zero-order valence-electron chi connectivity index (χ0n) is 13.3. The van der Waals surface area contributed by atoms with Gasteiger partial charge in [-0.05, 0) is 35.9 Å². The Morgan fingerprint density at radius 3 is 2.80 bits per heavy atom. The molecule has 4 rings (SSSR count). The molecule has 0 radical (unpaired) electrons. The second-order valence-electron chi connectivity index (χ2n) is 5.77. The SMILES string of the molecule is NN/N=C/c1c(-c2ccc(F)cc2)n2c3c(cccc13)C(=O)NCC2. The molecule has 3 aromatic rings. The predicted molar refractivity (Wildman–Crippen MR) is 94.6 cm³/mol. The standard InChI is InChI=1S/C18H16FN5O/c19-12-6-4-11(5-7-12)16-15(10-22-23-20)13-2-1-3-14-17(13)24(16)9-8-21-18(14)25/h1-7,10,23H,8-9,20H2,(H,21,25)/b22-10+. The minimum absolute atomic E-state index is 0.104. The highest BCUT2D eigenvalue weighted by Crippen LogP contribution is 2.35. The molecule has 1 aliphatic heterocycles. The van der Waals surface area contributed by atoms with Crippen LogP contribution in [0.4, 0.5) is 4.39 Å². The second kappa shape index (κ2) is 6.03. The van der Waals surface area contributed by atoms with Crippen LogP contribution in [0.15, 0.2) is 47.6 Å². The van der Waals surface area contributed by atoms with E-state index in [1.807, 2.05) is 12.1 Å². The second-order valence-corrected chi connectivity index (χ2v) is 5.77. The molecule has 4 N–H and O–H groups in total. The van der Waals surface area contributed by atoms with Crippen molar-refractivity contribution in [3.8, 4) is 11.3 Å². The Hall–Kier alpha value is -3.19. The highest BCUT2D eigenvalue weighted by molar-refractivity contribution is 6.14. The first kappa shape index (κ1) is 15.3. The quantitative estimate of drug-likeness (QED) is 0.388. The summed E-state index contributed by atoms with van der Waals surface area (Å²) in [5.74, 6) is 4.89. The first-order chi connectivity index (χ1) is 12.2. The molecule has 0 unspecified atom stereocenters. The molecule has 0 bridgehead atoms. The van der Waals surface area contributed by atoms with Crippen LogP contribution in [0.3, 0.4) is 0 Å². The molecule has 2 aromatic carbocycles. The van der Waals surface area contributed by atoms with E-state index in [2.05, 4.69) is 20.5 Å². The fourth-order valence-corrected chi connectivity index (χ4v) is 3.37. The number of hydrazine groups is 1. The number of amides is 1. The largest absolute Gasteiger partial charge is 0.350 e. The zero-order valence-corrected chi connectivity index (χ0v) is 13.3. The van der Waals surface area contributed by atoms with E-state index in [1.54, 1.807) is 24.4 Å². The molecule has 1 amide bonds. The molecular formula is C18H16FN5O. The molecule has 1 aromatic heterocycles. The summed E-state index contributed by atoms with van der Waals surface area (Å²) in [6.45, 7) is 1.12. The van der Waals surface area contributed by atoms with Gasteiger partial charge in [0.05, 0.1) is 23.0 Å². The van der Waals surface area contributed by atoms with Crippen molar-refractivity contribution in [1.29, 1.82) is 0 Å². The maximum Gasteiger partial charge on any atom is 0.253 e. The molecule has 25 heavy (non-hydrogen) atoms. The smallest absolute Gasteiger partial charge is 0.253 e. The summed E-state index contributed by atoms with van der Waals surface area (Å²) >= 11 is 0. The van der Waals surface area contributed by atoms with Gasteiger partial charge in [0, 0.05) is 24.0 Å². The Morgan fingerprint density at radius 2 is 2.04 bits per heavy atom. The lowest BCUT2D eigenvalue weighted by Gasteiger charge is -2.10. The summed E-state index contributed by atoms with van der Waals surface area (Å²) < 4.78 is 15.4. The summed E-state index contributed by atoms with van der Waals surface area (Å²) in [4.78, 5) is 12.4. The molecular weight excluding hydrogens is 321 g/mol. The fourth-order valence-electron chi connectivity index (χ4n) is 3.37. The van der Waals surface area contributed by atoms with Gasteiger partial charge in [0.15, 0.2) is 0 Å². The highest BCUT2D eigenvalue weighted by atomic mass is 19.1. The van der Waals surface area contributed by atoms with Gasteiger partial charge in [-0.1, -0.05) is 12.1 Å². The van der Waals surface area contributed by atoms with E-state index >= 15 is 0 Å². The van der Waals surface area contributed by atoms with Gasteiger partial charge in [-0.3, -0.25) is 4.79 Å². The number of para-hydroxylation sites is 1. The number of hydrogen-bond donors (Lipinski definition) is 3. The highest BCUT2D eigenvalue weighted by Gasteiger charge is 2.24. The Kier molecular flexibility index (Phi) is 3.70. The molecule has 0 spiro atoms. The number of nitrogens with zero attached hydrogens (tertiary/aromatic N) is 2. The van der Waals surface area contributed by atoms with Crippen molar-refractivity contribution in [2.75, 3.05) is 6.54 Å². The first-order valence-electron chi connectivity index (χ1n) is 7.88. The number of carbonyl (C=O) groups is 1. The molecule has 0 atom stereocenters. The molecule has 0 aliphatic carbocycles. The van der Waals surface area contributed by atoms with Crippen molar-refractivity contribution in [3.63, 3.8) is 0 Å². The lowest BCUT2D eigenvalue weighted by atomic mass is 10.0. The van der Waals surface area contributed by atoms with Gasteiger partial charge in [-0.15, -0.1) is 0 Å².